The molecule has 0 radical (unpaired) electrons. The number of ether oxygens (including phenoxy) is 2. The zero-order valence-corrected chi connectivity index (χ0v) is 18.9. The van der Waals surface area contributed by atoms with Crippen LogP contribution in [-0.2, 0) is 6.42 Å². The Bertz CT molecular complexity index is 1170. The van der Waals surface area contributed by atoms with Crippen molar-refractivity contribution < 1.29 is 9.47 Å². The van der Waals surface area contributed by atoms with E-state index in [-0.39, 0.29) is 5.56 Å². The fourth-order valence-corrected chi connectivity index (χ4v) is 3.52. The Kier molecular flexibility index (Phi) is 7.05. The molecule has 1 heterocycles. The Morgan fingerprint density at radius 1 is 1.20 bits per heavy atom. The molecule has 0 amide bonds. The van der Waals surface area contributed by atoms with Gasteiger partial charge in [-0.15, -0.1) is 6.58 Å². The van der Waals surface area contributed by atoms with Crippen LogP contribution < -0.4 is 15.0 Å². The molecule has 3 aromatic rings. The van der Waals surface area contributed by atoms with Crippen molar-refractivity contribution in [2.45, 2.75) is 27.2 Å². The lowest BCUT2D eigenvalue weighted by molar-refractivity contribution is 0.285. The van der Waals surface area contributed by atoms with E-state index < -0.39 is 0 Å². The summed E-state index contributed by atoms with van der Waals surface area (Å²) in [6, 6.07) is 9.24. The second-order valence-electron chi connectivity index (χ2n) is 6.55. The highest BCUT2D eigenvalue weighted by atomic mass is 79.9. The molecule has 0 saturated carbocycles. The summed E-state index contributed by atoms with van der Waals surface area (Å²) in [5.41, 5.74) is 2.15. The molecule has 1 aromatic heterocycles. The summed E-state index contributed by atoms with van der Waals surface area (Å²) in [5, 5.41) is 4.91. The average molecular weight is 470 g/mol. The molecular weight excluding hydrogens is 446 g/mol. The lowest BCUT2D eigenvalue weighted by Gasteiger charge is -2.15. The molecule has 0 fully saturated rings. The first-order chi connectivity index (χ1) is 14.5. The number of fused-ring (bicyclic) bond motifs is 1. The standard InChI is InChI=1S/C23H24BrN3O3/c1-5-8-17-11-16(12-21(29-6-2)22(17)30-7-3)14-25-27-15(4)26-20-10-9-18(24)13-19(20)23(27)28/h5,9-14H,1,6-8H2,2-4H3. The van der Waals surface area contributed by atoms with E-state index in [1.807, 2.05) is 44.2 Å². The maximum atomic E-state index is 12.9. The molecule has 0 aliphatic rings. The molecule has 7 heteroatoms. The molecule has 2 aromatic carbocycles. The Labute approximate surface area is 184 Å². The quantitative estimate of drug-likeness (QED) is 0.348. The van der Waals surface area contributed by atoms with Gasteiger partial charge in [-0.3, -0.25) is 4.79 Å². The summed E-state index contributed by atoms with van der Waals surface area (Å²) in [5.74, 6) is 1.86. The lowest BCUT2D eigenvalue weighted by Crippen LogP contribution is -2.20. The predicted molar refractivity (Wildman–Crippen MR) is 124 cm³/mol. The first kappa shape index (κ1) is 21.8. The van der Waals surface area contributed by atoms with E-state index in [4.69, 9.17) is 9.47 Å². The van der Waals surface area contributed by atoms with Gasteiger partial charge in [0.1, 0.15) is 5.82 Å². The molecule has 0 atom stereocenters. The highest BCUT2D eigenvalue weighted by Crippen LogP contribution is 2.33. The second kappa shape index (κ2) is 9.71. The van der Waals surface area contributed by atoms with E-state index in [1.54, 1.807) is 19.2 Å². The van der Waals surface area contributed by atoms with Crippen LogP contribution in [0.2, 0.25) is 0 Å². The molecule has 30 heavy (non-hydrogen) atoms. The fraction of sp³-hybridized carbons (Fsp3) is 0.261. The second-order valence-corrected chi connectivity index (χ2v) is 7.46. The predicted octanol–water partition coefficient (Wildman–Crippen LogP) is 4.88. The molecule has 0 saturated heterocycles. The van der Waals surface area contributed by atoms with Gasteiger partial charge in [-0.25, -0.2) is 4.98 Å². The van der Waals surface area contributed by atoms with E-state index in [0.29, 0.717) is 47.9 Å². The van der Waals surface area contributed by atoms with Crippen LogP contribution >= 0.6 is 15.9 Å². The van der Waals surface area contributed by atoms with Crippen LogP contribution in [0.15, 0.2) is 57.4 Å². The van der Waals surface area contributed by atoms with Gasteiger partial charge >= 0.3 is 0 Å². The van der Waals surface area contributed by atoms with Crippen molar-refractivity contribution in [2.24, 2.45) is 5.10 Å². The van der Waals surface area contributed by atoms with E-state index >= 15 is 0 Å². The Morgan fingerprint density at radius 2 is 1.97 bits per heavy atom. The maximum absolute atomic E-state index is 12.9. The van der Waals surface area contributed by atoms with E-state index in [1.165, 1.54) is 4.68 Å². The number of hydrogen-bond acceptors (Lipinski definition) is 5. The number of allylic oxidation sites excluding steroid dienone is 1. The topological polar surface area (TPSA) is 65.7 Å². The summed E-state index contributed by atoms with van der Waals surface area (Å²) in [4.78, 5) is 17.4. The minimum Gasteiger partial charge on any atom is -0.490 e. The number of aryl methyl sites for hydroxylation is 1. The molecule has 6 nitrogen and oxygen atoms in total. The van der Waals surface area contributed by atoms with Gasteiger partial charge in [0.25, 0.3) is 5.56 Å². The molecule has 0 spiro atoms. The van der Waals surface area contributed by atoms with Crippen LogP contribution in [0.3, 0.4) is 0 Å². The van der Waals surface area contributed by atoms with Gasteiger partial charge in [0.15, 0.2) is 11.5 Å². The molecule has 0 N–H and O–H groups in total. The van der Waals surface area contributed by atoms with E-state index in [0.717, 1.165) is 15.6 Å². The van der Waals surface area contributed by atoms with Crippen molar-refractivity contribution in [3.8, 4) is 11.5 Å². The summed E-state index contributed by atoms with van der Waals surface area (Å²) in [6.07, 6.45) is 4.07. The molecule has 156 valence electrons. The minimum atomic E-state index is -0.225. The Morgan fingerprint density at radius 3 is 2.67 bits per heavy atom. The first-order valence-electron chi connectivity index (χ1n) is 9.75. The largest absolute Gasteiger partial charge is 0.490 e. The number of aromatic nitrogens is 2. The van der Waals surface area contributed by atoms with Gasteiger partial charge in [-0.1, -0.05) is 22.0 Å². The monoisotopic (exact) mass is 469 g/mol. The van der Waals surface area contributed by atoms with E-state index in [9.17, 15) is 4.79 Å². The third kappa shape index (κ3) is 4.62. The first-order valence-corrected chi connectivity index (χ1v) is 10.5. The number of nitrogens with zero attached hydrogens (tertiary/aromatic N) is 3. The average Bonchev–Trinajstić information content (AvgIpc) is 2.71. The van der Waals surface area contributed by atoms with Crippen molar-refractivity contribution in [1.82, 2.24) is 9.66 Å². The highest BCUT2D eigenvalue weighted by Gasteiger charge is 2.13. The van der Waals surface area contributed by atoms with E-state index in [2.05, 4.69) is 32.6 Å². The number of rotatable bonds is 8. The summed E-state index contributed by atoms with van der Waals surface area (Å²) < 4.78 is 13.7. The van der Waals surface area contributed by atoms with Crippen molar-refractivity contribution in [3.05, 3.63) is 74.8 Å². The van der Waals surface area contributed by atoms with Gasteiger partial charge in [0.05, 0.1) is 30.3 Å². The fourth-order valence-electron chi connectivity index (χ4n) is 3.16. The highest BCUT2D eigenvalue weighted by molar-refractivity contribution is 9.10. The SMILES string of the molecule is C=CCc1cc(C=Nn2c(C)nc3ccc(Br)cc3c2=O)cc(OCC)c1OCC. The van der Waals surface area contributed by atoms with Crippen molar-refractivity contribution in [1.29, 1.82) is 0 Å². The zero-order valence-electron chi connectivity index (χ0n) is 17.3. The lowest BCUT2D eigenvalue weighted by atomic mass is 10.1. The molecule has 3 rings (SSSR count). The van der Waals surface area contributed by atoms with Crippen molar-refractivity contribution >= 4 is 33.0 Å². The number of hydrogen-bond donors (Lipinski definition) is 0. The van der Waals surface area contributed by atoms with Gasteiger partial charge < -0.3 is 9.47 Å². The molecule has 0 aliphatic carbocycles. The third-order valence-corrected chi connectivity index (χ3v) is 4.89. The van der Waals surface area contributed by atoms with Gasteiger partial charge in [-0.2, -0.15) is 9.78 Å². The number of halogens is 1. The van der Waals surface area contributed by atoms with Crippen molar-refractivity contribution in [3.63, 3.8) is 0 Å². The van der Waals surface area contributed by atoms with Gasteiger partial charge in [0, 0.05) is 10.0 Å². The molecular formula is C23H24BrN3O3. The van der Waals surface area contributed by atoms with Crippen molar-refractivity contribution in [2.75, 3.05) is 13.2 Å². The zero-order chi connectivity index (χ0) is 21.7. The summed E-state index contributed by atoms with van der Waals surface area (Å²) in [7, 11) is 0. The molecule has 0 unspecified atom stereocenters. The molecule has 0 aliphatic heterocycles. The van der Waals surface area contributed by atoms with Crippen LogP contribution in [0.25, 0.3) is 10.9 Å². The van der Waals surface area contributed by atoms with Gasteiger partial charge in [0.2, 0.25) is 0 Å². The van der Waals surface area contributed by atoms with Crippen LogP contribution in [0, 0.1) is 6.92 Å². The Hall–Kier alpha value is -2.93. The Balaban J connectivity index is 2.09. The van der Waals surface area contributed by atoms with Crippen LogP contribution in [0.1, 0.15) is 30.8 Å². The van der Waals surface area contributed by atoms with Crippen LogP contribution in [0.4, 0.5) is 0 Å². The summed E-state index contributed by atoms with van der Waals surface area (Å²) >= 11 is 3.40. The maximum Gasteiger partial charge on any atom is 0.282 e. The minimum absolute atomic E-state index is 0.225. The smallest absolute Gasteiger partial charge is 0.282 e. The third-order valence-electron chi connectivity index (χ3n) is 4.40. The van der Waals surface area contributed by atoms with Crippen LogP contribution in [-0.4, -0.2) is 29.1 Å². The van der Waals surface area contributed by atoms with Crippen LogP contribution in [0.5, 0.6) is 11.5 Å². The van der Waals surface area contributed by atoms with Gasteiger partial charge in [-0.05, 0) is 63.1 Å². The normalized spacial score (nSPS) is 11.2. The molecule has 0 bridgehead atoms. The number of benzene rings is 2. The summed E-state index contributed by atoms with van der Waals surface area (Å²) in [6.45, 7) is 10.5.